The van der Waals surface area contributed by atoms with Crippen LogP contribution >= 0.6 is 0 Å². The lowest BCUT2D eigenvalue weighted by molar-refractivity contribution is 0.173. The highest BCUT2D eigenvalue weighted by Gasteiger charge is 2.40. The first kappa shape index (κ1) is 20.4. The molecule has 2 aliphatic rings. The Kier molecular flexibility index (Phi) is 6.29. The van der Waals surface area contributed by atoms with Crippen molar-refractivity contribution in [2.45, 2.75) is 44.8 Å². The van der Waals surface area contributed by atoms with Gasteiger partial charge in [0.1, 0.15) is 5.54 Å². The van der Waals surface area contributed by atoms with Crippen molar-refractivity contribution in [2.75, 3.05) is 13.1 Å². The van der Waals surface area contributed by atoms with Crippen LogP contribution < -0.4 is 0 Å². The van der Waals surface area contributed by atoms with Gasteiger partial charge >= 0.3 is 0 Å². The lowest BCUT2D eigenvalue weighted by Crippen LogP contribution is -2.51. The summed E-state index contributed by atoms with van der Waals surface area (Å²) in [5.74, 6) is 0. The van der Waals surface area contributed by atoms with Crippen molar-refractivity contribution in [3.8, 4) is 0 Å². The van der Waals surface area contributed by atoms with E-state index in [0.717, 1.165) is 42.2 Å². The average Bonchev–Trinajstić information content (AvgIpc) is 2.80. The maximum atomic E-state index is 4.92. The third-order valence-electron chi connectivity index (χ3n) is 5.75. The van der Waals surface area contributed by atoms with Crippen LogP contribution in [0.15, 0.2) is 83.1 Å². The summed E-state index contributed by atoms with van der Waals surface area (Å²) in [6.07, 6.45) is 14.4. The molecule has 0 radical (unpaired) electrons. The summed E-state index contributed by atoms with van der Waals surface area (Å²) < 4.78 is 0. The monoisotopic (exact) mass is 399 g/mol. The molecule has 2 aliphatic heterocycles. The summed E-state index contributed by atoms with van der Waals surface area (Å²) in [5.41, 5.74) is 3.64. The molecule has 2 aromatic heterocycles. The zero-order valence-electron chi connectivity index (χ0n) is 17.8. The molecule has 0 aliphatic carbocycles. The average molecular weight is 400 g/mol. The van der Waals surface area contributed by atoms with Crippen molar-refractivity contribution in [3.63, 3.8) is 0 Å². The first-order valence-electron chi connectivity index (χ1n) is 10.7. The van der Waals surface area contributed by atoms with E-state index in [1.54, 1.807) is 0 Å². The molecule has 0 saturated heterocycles. The number of pyridine rings is 2. The zero-order valence-corrected chi connectivity index (χ0v) is 17.8. The smallest absolute Gasteiger partial charge is 0.103 e. The Morgan fingerprint density at radius 1 is 1.00 bits per heavy atom. The summed E-state index contributed by atoms with van der Waals surface area (Å²) in [5, 5.41) is 0. The number of nitrogens with zero attached hydrogens (tertiary/aromatic N) is 5. The molecule has 0 fully saturated rings. The van der Waals surface area contributed by atoms with Crippen molar-refractivity contribution in [3.05, 3.63) is 84.5 Å². The Labute approximate surface area is 179 Å². The molecule has 2 unspecified atom stereocenters. The van der Waals surface area contributed by atoms with E-state index in [9.17, 15) is 0 Å². The van der Waals surface area contributed by atoms with E-state index in [1.165, 1.54) is 0 Å². The van der Waals surface area contributed by atoms with Gasteiger partial charge in [-0.1, -0.05) is 24.3 Å². The Bertz CT molecular complexity index is 962. The number of aliphatic imine (C=N–C) groups is 2. The fourth-order valence-electron chi connectivity index (χ4n) is 4.06. The number of hydrogen-bond donors (Lipinski definition) is 0. The second kappa shape index (κ2) is 9.26. The SMILES string of the molecule is CC1CC=CC(CN(Cc2ccccn2)C(C)(C2=NCCC=C2)c2ccccn2)=N1. The third-order valence-corrected chi connectivity index (χ3v) is 5.75. The molecule has 30 heavy (non-hydrogen) atoms. The molecule has 0 amide bonds. The van der Waals surface area contributed by atoms with Gasteiger partial charge < -0.3 is 0 Å². The van der Waals surface area contributed by atoms with Gasteiger partial charge in [0, 0.05) is 37.7 Å². The normalized spacial score (nSPS) is 20.6. The van der Waals surface area contributed by atoms with E-state index in [1.807, 2.05) is 36.7 Å². The summed E-state index contributed by atoms with van der Waals surface area (Å²) in [6.45, 7) is 6.59. The van der Waals surface area contributed by atoms with Crippen LogP contribution in [-0.2, 0) is 12.1 Å². The number of rotatable bonds is 7. The lowest BCUT2D eigenvalue weighted by atomic mass is 9.86. The molecule has 0 aromatic carbocycles. The van der Waals surface area contributed by atoms with Gasteiger partial charge in [0.25, 0.3) is 0 Å². The molecule has 4 heterocycles. The van der Waals surface area contributed by atoms with E-state index in [-0.39, 0.29) is 0 Å². The van der Waals surface area contributed by atoms with Crippen LogP contribution in [0.4, 0.5) is 0 Å². The fraction of sp³-hybridized carbons (Fsp3) is 0.360. The molecular weight excluding hydrogens is 370 g/mol. The zero-order chi connectivity index (χ0) is 20.8. The molecule has 5 heteroatoms. The highest BCUT2D eigenvalue weighted by Crippen LogP contribution is 2.32. The van der Waals surface area contributed by atoms with E-state index >= 15 is 0 Å². The molecular formula is C25H29N5. The lowest BCUT2D eigenvalue weighted by Gasteiger charge is -2.42. The third kappa shape index (κ3) is 4.46. The van der Waals surface area contributed by atoms with Gasteiger partial charge in [0.2, 0.25) is 0 Å². The first-order chi connectivity index (χ1) is 14.7. The van der Waals surface area contributed by atoms with Crippen LogP contribution in [0, 0.1) is 0 Å². The van der Waals surface area contributed by atoms with Gasteiger partial charge in [-0.2, -0.15) is 0 Å². The number of aromatic nitrogens is 2. The predicted octanol–water partition coefficient (Wildman–Crippen LogP) is 4.38. The maximum Gasteiger partial charge on any atom is 0.103 e. The van der Waals surface area contributed by atoms with Gasteiger partial charge in [-0.15, -0.1) is 0 Å². The molecule has 0 spiro atoms. The van der Waals surface area contributed by atoms with E-state index in [4.69, 9.17) is 15.0 Å². The van der Waals surface area contributed by atoms with Gasteiger partial charge in [0.15, 0.2) is 0 Å². The van der Waals surface area contributed by atoms with Crippen LogP contribution in [0.3, 0.4) is 0 Å². The predicted molar refractivity (Wildman–Crippen MR) is 123 cm³/mol. The van der Waals surface area contributed by atoms with Gasteiger partial charge in [-0.05, 0) is 63.1 Å². The van der Waals surface area contributed by atoms with Crippen molar-refractivity contribution >= 4 is 11.4 Å². The van der Waals surface area contributed by atoms with Gasteiger partial charge in [-0.25, -0.2) is 0 Å². The quantitative estimate of drug-likeness (QED) is 0.694. The van der Waals surface area contributed by atoms with Crippen molar-refractivity contribution in [2.24, 2.45) is 9.98 Å². The molecule has 154 valence electrons. The number of dihydropyridines is 2. The second-order valence-electron chi connectivity index (χ2n) is 8.03. The van der Waals surface area contributed by atoms with Crippen LogP contribution in [0.5, 0.6) is 0 Å². The van der Waals surface area contributed by atoms with Crippen LogP contribution in [0.25, 0.3) is 0 Å². The van der Waals surface area contributed by atoms with Gasteiger partial charge in [-0.3, -0.25) is 24.9 Å². The van der Waals surface area contributed by atoms with E-state index in [2.05, 4.69) is 60.2 Å². The topological polar surface area (TPSA) is 53.7 Å². The highest BCUT2D eigenvalue weighted by molar-refractivity contribution is 6.04. The first-order valence-corrected chi connectivity index (χ1v) is 10.7. The van der Waals surface area contributed by atoms with Crippen LogP contribution in [-0.4, -0.2) is 45.4 Å². The Morgan fingerprint density at radius 3 is 2.50 bits per heavy atom. The fourth-order valence-corrected chi connectivity index (χ4v) is 4.06. The van der Waals surface area contributed by atoms with Gasteiger partial charge in [0.05, 0.1) is 23.1 Å². The Balaban J connectivity index is 1.79. The Morgan fingerprint density at radius 2 is 1.83 bits per heavy atom. The van der Waals surface area contributed by atoms with Crippen molar-refractivity contribution < 1.29 is 0 Å². The molecule has 2 atom stereocenters. The van der Waals surface area contributed by atoms with Crippen molar-refractivity contribution in [1.29, 1.82) is 0 Å². The minimum absolute atomic E-state index is 0.315. The summed E-state index contributed by atoms with van der Waals surface area (Å²) in [7, 11) is 0. The largest absolute Gasteiger partial charge is 0.287 e. The molecule has 0 saturated carbocycles. The molecule has 4 rings (SSSR count). The number of hydrogen-bond acceptors (Lipinski definition) is 5. The standard InChI is InChI=1S/C25H29N5/c1-20-10-9-12-22(29-20)19-30(18-21-11-3-6-15-26-21)25(2,23-13-4-7-16-27-23)24-14-5-8-17-28-24/h3-7,9,11-16,20H,8,10,17-19H2,1-2H3. The van der Waals surface area contributed by atoms with E-state index < -0.39 is 5.54 Å². The molecule has 2 aromatic rings. The molecule has 0 bridgehead atoms. The summed E-state index contributed by atoms with van der Waals surface area (Å²) in [4.78, 5) is 21.6. The Hall–Kier alpha value is -2.92. The molecule has 5 nitrogen and oxygen atoms in total. The second-order valence-corrected chi connectivity index (χ2v) is 8.03. The maximum absolute atomic E-state index is 4.92. The van der Waals surface area contributed by atoms with E-state index in [0.29, 0.717) is 19.1 Å². The van der Waals surface area contributed by atoms with Crippen LogP contribution in [0.2, 0.25) is 0 Å². The highest BCUT2D eigenvalue weighted by atomic mass is 15.2. The van der Waals surface area contributed by atoms with Crippen molar-refractivity contribution in [1.82, 2.24) is 14.9 Å². The summed E-state index contributed by atoms with van der Waals surface area (Å²) >= 11 is 0. The van der Waals surface area contributed by atoms with Crippen LogP contribution in [0.1, 0.15) is 38.1 Å². The molecule has 0 N–H and O–H groups in total. The minimum Gasteiger partial charge on any atom is -0.287 e. The minimum atomic E-state index is -0.493. The summed E-state index contributed by atoms with van der Waals surface area (Å²) in [6, 6.07) is 12.5.